The molecule has 0 aliphatic heterocycles. The van der Waals surface area contributed by atoms with Crippen LogP contribution < -0.4 is 5.73 Å². The van der Waals surface area contributed by atoms with Gasteiger partial charge in [-0.2, -0.15) is 0 Å². The summed E-state index contributed by atoms with van der Waals surface area (Å²) in [5, 5.41) is 2.05. The minimum atomic E-state index is -0.472. The fourth-order valence-electron chi connectivity index (χ4n) is 1.46. The molecule has 0 atom stereocenters. The number of carbonyl (C=O) groups excluding carboxylic acids is 1. The lowest BCUT2D eigenvalue weighted by Crippen LogP contribution is -2.42. The van der Waals surface area contributed by atoms with E-state index in [0.717, 1.165) is 0 Å². The maximum atomic E-state index is 12.1. The standard InChI is InChI=1S/C12H20N2OS/c1-9-5-6-16-10(9)7-14(4)11(15)12(2,3)8-13/h5-6H,7-8,13H2,1-4H3. The van der Waals surface area contributed by atoms with Crippen molar-refractivity contribution in [2.24, 2.45) is 11.1 Å². The SMILES string of the molecule is Cc1ccsc1CN(C)C(=O)C(C)(C)CN. The minimum Gasteiger partial charge on any atom is -0.340 e. The molecule has 0 bridgehead atoms. The van der Waals surface area contributed by atoms with Crippen LogP contribution in [-0.2, 0) is 11.3 Å². The Bertz CT molecular complexity index is 371. The largest absolute Gasteiger partial charge is 0.340 e. The van der Waals surface area contributed by atoms with Gasteiger partial charge in [0.1, 0.15) is 0 Å². The molecule has 1 heterocycles. The van der Waals surface area contributed by atoms with Crippen LogP contribution in [0.2, 0.25) is 0 Å². The zero-order chi connectivity index (χ0) is 12.3. The van der Waals surface area contributed by atoms with E-state index in [1.807, 2.05) is 20.9 Å². The van der Waals surface area contributed by atoms with Crippen LogP contribution in [0.15, 0.2) is 11.4 Å². The van der Waals surface area contributed by atoms with Gasteiger partial charge in [0, 0.05) is 18.5 Å². The van der Waals surface area contributed by atoms with Gasteiger partial charge in [-0.15, -0.1) is 11.3 Å². The van der Waals surface area contributed by atoms with Crippen LogP contribution in [0, 0.1) is 12.3 Å². The van der Waals surface area contributed by atoms with E-state index in [2.05, 4.69) is 18.4 Å². The first-order valence-electron chi connectivity index (χ1n) is 5.37. The molecule has 0 unspecified atom stereocenters. The van der Waals surface area contributed by atoms with Crippen molar-refractivity contribution < 1.29 is 4.79 Å². The van der Waals surface area contributed by atoms with E-state index in [4.69, 9.17) is 5.73 Å². The van der Waals surface area contributed by atoms with Gasteiger partial charge in [-0.1, -0.05) is 0 Å². The first-order chi connectivity index (χ1) is 7.38. The second-order valence-electron chi connectivity index (χ2n) is 4.78. The van der Waals surface area contributed by atoms with Crippen LogP contribution in [0.5, 0.6) is 0 Å². The topological polar surface area (TPSA) is 46.3 Å². The van der Waals surface area contributed by atoms with Gasteiger partial charge in [0.05, 0.1) is 12.0 Å². The second kappa shape index (κ2) is 4.97. The minimum absolute atomic E-state index is 0.0998. The Morgan fingerprint density at radius 2 is 2.19 bits per heavy atom. The monoisotopic (exact) mass is 240 g/mol. The molecule has 0 fully saturated rings. The van der Waals surface area contributed by atoms with E-state index in [1.165, 1.54) is 10.4 Å². The summed E-state index contributed by atoms with van der Waals surface area (Å²) in [6, 6.07) is 2.08. The predicted octanol–water partition coefficient (Wildman–Crippen LogP) is 2.00. The zero-order valence-electron chi connectivity index (χ0n) is 10.4. The Labute approximate surface area is 101 Å². The lowest BCUT2D eigenvalue weighted by molar-refractivity contribution is -0.138. The average molecular weight is 240 g/mol. The first kappa shape index (κ1) is 13.2. The number of amides is 1. The molecule has 0 aromatic carbocycles. The van der Waals surface area contributed by atoms with Gasteiger partial charge in [-0.25, -0.2) is 0 Å². The molecule has 1 aromatic heterocycles. The molecule has 1 aromatic rings. The summed E-state index contributed by atoms with van der Waals surface area (Å²) in [5.41, 5.74) is 6.38. The van der Waals surface area contributed by atoms with Crippen molar-refractivity contribution in [2.75, 3.05) is 13.6 Å². The number of hydrogen-bond donors (Lipinski definition) is 1. The third kappa shape index (κ3) is 2.83. The molecule has 2 N–H and O–H groups in total. The van der Waals surface area contributed by atoms with Gasteiger partial charge in [0.2, 0.25) is 5.91 Å². The zero-order valence-corrected chi connectivity index (χ0v) is 11.2. The van der Waals surface area contributed by atoms with Gasteiger partial charge < -0.3 is 10.6 Å². The maximum Gasteiger partial charge on any atom is 0.229 e. The summed E-state index contributed by atoms with van der Waals surface area (Å²) in [6.07, 6.45) is 0. The van der Waals surface area contributed by atoms with Crippen LogP contribution in [-0.4, -0.2) is 24.4 Å². The van der Waals surface area contributed by atoms with E-state index in [1.54, 1.807) is 16.2 Å². The molecule has 3 nitrogen and oxygen atoms in total. The molecule has 4 heteroatoms. The smallest absolute Gasteiger partial charge is 0.229 e. The molecular weight excluding hydrogens is 220 g/mol. The summed E-state index contributed by atoms with van der Waals surface area (Å²) in [7, 11) is 1.83. The molecule has 0 spiro atoms. The fraction of sp³-hybridized carbons (Fsp3) is 0.583. The number of nitrogens with two attached hydrogens (primary N) is 1. The first-order valence-corrected chi connectivity index (χ1v) is 6.25. The van der Waals surface area contributed by atoms with Gasteiger partial charge >= 0.3 is 0 Å². The average Bonchev–Trinajstić information content (AvgIpc) is 2.63. The number of rotatable bonds is 4. The van der Waals surface area contributed by atoms with Crippen molar-refractivity contribution in [3.8, 4) is 0 Å². The van der Waals surface area contributed by atoms with Crippen molar-refractivity contribution in [3.05, 3.63) is 21.9 Å². The van der Waals surface area contributed by atoms with Crippen molar-refractivity contribution in [1.82, 2.24) is 4.90 Å². The van der Waals surface area contributed by atoms with E-state index in [9.17, 15) is 4.79 Å². The highest BCUT2D eigenvalue weighted by Crippen LogP contribution is 2.21. The molecule has 0 aliphatic carbocycles. The van der Waals surface area contributed by atoms with E-state index in [-0.39, 0.29) is 5.91 Å². The molecular formula is C12H20N2OS. The Hall–Kier alpha value is -0.870. The van der Waals surface area contributed by atoms with Crippen molar-refractivity contribution in [1.29, 1.82) is 0 Å². The van der Waals surface area contributed by atoms with E-state index in [0.29, 0.717) is 13.1 Å². The summed E-state index contributed by atoms with van der Waals surface area (Å²) in [6.45, 7) is 6.88. The number of carbonyl (C=O) groups is 1. The molecule has 1 amide bonds. The second-order valence-corrected chi connectivity index (χ2v) is 5.78. The molecule has 1 rings (SSSR count). The number of aryl methyl sites for hydroxylation is 1. The highest BCUT2D eigenvalue weighted by molar-refractivity contribution is 7.10. The molecule has 16 heavy (non-hydrogen) atoms. The quantitative estimate of drug-likeness (QED) is 0.875. The molecule has 90 valence electrons. The number of hydrogen-bond acceptors (Lipinski definition) is 3. The van der Waals surface area contributed by atoms with Crippen molar-refractivity contribution in [3.63, 3.8) is 0 Å². The van der Waals surface area contributed by atoms with E-state index < -0.39 is 5.41 Å². The van der Waals surface area contributed by atoms with Gasteiger partial charge in [-0.3, -0.25) is 4.79 Å². The molecule has 0 saturated carbocycles. The molecule has 0 radical (unpaired) electrons. The lowest BCUT2D eigenvalue weighted by atomic mass is 9.92. The lowest BCUT2D eigenvalue weighted by Gasteiger charge is -2.28. The normalized spacial score (nSPS) is 11.6. The number of thiophene rings is 1. The van der Waals surface area contributed by atoms with Crippen LogP contribution in [0.1, 0.15) is 24.3 Å². The van der Waals surface area contributed by atoms with Crippen LogP contribution >= 0.6 is 11.3 Å². The Morgan fingerprint density at radius 3 is 2.62 bits per heavy atom. The molecule has 0 aliphatic rings. The third-order valence-corrected chi connectivity index (χ3v) is 3.79. The molecule has 0 saturated heterocycles. The summed E-state index contributed by atoms with van der Waals surface area (Å²) >= 11 is 1.69. The Balaban J connectivity index is 2.70. The number of nitrogens with zero attached hydrogens (tertiary/aromatic N) is 1. The van der Waals surface area contributed by atoms with E-state index >= 15 is 0 Å². The summed E-state index contributed by atoms with van der Waals surface area (Å²) in [4.78, 5) is 15.1. The van der Waals surface area contributed by atoms with Gasteiger partial charge in [-0.05, 0) is 37.8 Å². The van der Waals surface area contributed by atoms with Gasteiger partial charge in [0.15, 0.2) is 0 Å². The van der Waals surface area contributed by atoms with Crippen LogP contribution in [0.25, 0.3) is 0 Å². The predicted molar refractivity (Wildman–Crippen MR) is 68.4 cm³/mol. The summed E-state index contributed by atoms with van der Waals surface area (Å²) < 4.78 is 0. The van der Waals surface area contributed by atoms with Crippen molar-refractivity contribution in [2.45, 2.75) is 27.3 Å². The Morgan fingerprint density at radius 1 is 1.56 bits per heavy atom. The third-order valence-electron chi connectivity index (χ3n) is 2.78. The van der Waals surface area contributed by atoms with Crippen LogP contribution in [0.3, 0.4) is 0 Å². The fourth-order valence-corrected chi connectivity index (χ4v) is 2.42. The maximum absolute atomic E-state index is 12.1. The Kier molecular flexibility index (Phi) is 4.10. The summed E-state index contributed by atoms with van der Waals surface area (Å²) in [5.74, 6) is 0.0998. The van der Waals surface area contributed by atoms with Crippen molar-refractivity contribution >= 4 is 17.2 Å². The van der Waals surface area contributed by atoms with Crippen LogP contribution in [0.4, 0.5) is 0 Å². The highest BCUT2D eigenvalue weighted by Gasteiger charge is 2.29. The highest BCUT2D eigenvalue weighted by atomic mass is 32.1. The van der Waals surface area contributed by atoms with Gasteiger partial charge in [0.25, 0.3) is 0 Å².